The zero-order chi connectivity index (χ0) is 36.7. The number of anilines is 3. The summed E-state index contributed by atoms with van der Waals surface area (Å²) in [4.78, 5) is 7.52. The molecular formula is C51H30N2O2S. The number of hydrogen-bond acceptors (Lipinski definition) is 5. The van der Waals surface area contributed by atoms with Crippen molar-refractivity contribution in [1.29, 1.82) is 0 Å². The molecule has 0 aliphatic carbocycles. The highest BCUT2D eigenvalue weighted by Gasteiger charge is 2.21. The van der Waals surface area contributed by atoms with E-state index in [1.54, 1.807) is 11.3 Å². The van der Waals surface area contributed by atoms with E-state index in [-0.39, 0.29) is 0 Å². The third-order valence-electron chi connectivity index (χ3n) is 11.0. The average Bonchev–Trinajstić information content (AvgIpc) is 3.96. The monoisotopic (exact) mass is 734 g/mol. The smallest absolute Gasteiger partial charge is 0.137 e. The van der Waals surface area contributed by atoms with Crippen LogP contribution in [-0.4, -0.2) is 4.98 Å². The van der Waals surface area contributed by atoms with Gasteiger partial charge in [-0.05, 0) is 87.9 Å². The van der Waals surface area contributed by atoms with E-state index in [0.717, 1.165) is 93.5 Å². The van der Waals surface area contributed by atoms with Gasteiger partial charge in [0.15, 0.2) is 0 Å². The van der Waals surface area contributed by atoms with Gasteiger partial charge in [0, 0.05) is 61.7 Å². The number of fused-ring (bicyclic) bond motifs is 10. The number of furan rings is 2. The Labute approximate surface area is 325 Å². The second kappa shape index (κ2) is 12.2. The maximum atomic E-state index is 6.69. The van der Waals surface area contributed by atoms with Crippen LogP contribution in [0.3, 0.4) is 0 Å². The van der Waals surface area contributed by atoms with Crippen molar-refractivity contribution in [1.82, 2.24) is 4.98 Å². The summed E-state index contributed by atoms with van der Waals surface area (Å²) in [6, 6.07) is 64.3. The van der Waals surface area contributed by atoms with Gasteiger partial charge >= 0.3 is 0 Å². The molecule has 262 valence electrons. The second-order valence-corrected chi connectivity index (χ2v) is 15.4. The highest BCUT2D eigenvalue weighted by atomic mass is 32.1. The molecular weight excluding hydrogens is 705 g/mol. The van der Waals surface area contributed by atoms with Crippen molar-refractivity contribution in [3.63, 3.8) is 0 Å². The van der Waals surface area contributed by atoms with Gasteiger partial charge in [-0.25, -0.2) is 4.98 Å². The maximum Gasteiger partial charge on any atom is 0.137 e. The third kappa shape index (κ3) is 4.88. The van der Waals surface area contributed by atoms with Crippen LogP contribution in [0.15, 0.2) is 191 Å². The maximum absolute atomic E-state index is 6.69. The number of thiazole rings is 1. The predicted molar refractivity (Wildman–Crippen MR) is 235 cm³/mol. The van der Waals surface area contributed by atoms with Crippen molar-refractivity contribution < 1.29 is 8.83 Å². The van der Waals surface area contributed by atoms with Gasteiger partial charge < -0.3 is 13.7 Å². The molecule has 0 amide bonds. The van der Waals surface area contributed by atoms with E-state index in [4.69, 9.17) is 13.8 Å². The highest BCUT2D eigenvalue weighted by Crippen LogP contribution is 2.45. The Balaban J connectivity index is 1.03. The second-order valence-electron chi connectivity index (χ2n) is 14.3. The summed E-state index contributed by atoms with van der Waals surface area (Å²) in [6.07, 6.45) is 0. The van der Waals surface area contributed by atoms with Crippen molar-refractivity contribution in [2.45, 2.75) is 0 Å². The number of aromatic nitrogens is 1. The molecule has 0 saturated carbocycles. The van der Waals surface area contributed by atoms with Crippen molar-refractivity contribution in [2.24, 2.45) is 0 Å². The van der Waals surface area contributed by atoms with Crippen LogP contribution in [0.5, 0.6) is 0 Å². The molecule has 9 aromatic carbocycles. The molecule has 0 bridgehead atoms. The van der Waals surface area contributed by atoms with Gasteiger partial charge in [-0.3, -0.25) is 0 Å². The minimum absolute atomic E-state index is 0.817. The lowest BCUT2D eigenvalue weighted by Crippen LogP contribution is -2.09. The molecule has 0 atom stereocenters. The summed E-state index contributed by atoms with van der Waals surface area (Å²) in [5.41, 5.74) is 10.8. The molecule has 0 radical (unpaired) electrons. The molecule has 0 unspecified atom stereocenters. The van der Waals surface area contributed by atoms with Crippen LogP contribution < -0.4 is 4.90 Å². The quantitative estimate of drug-likeness (QED) is 0.177. The molecule has 0 saturated heterocycles. The first-order valence-electron chi connectivity index (χ1n) is 18.8. The standard InChI is InChI=1S/C51H30N2O2S/c1-2-10-31(11-3-1)33-15-8-16-36(26-33)53(37-21-23-40-43-27-34-13-4-5-14-35(34)28-45(43)55-46(40)29-37)38-22-24-41-47(30-38)54-44-19-9-18-42(49(41)44)51-52-50-39-17-7-6-12-32(39)20-25-48(50)56-51/h1-30H. The summed E-state index contributed by atoms with van der Waals surface area (Å²) in [7, 11) is 0. The fraction of sp³-hybridized carbons (Fsp3) is 0. The Bertz CT molecular complexity index is 3500. The van der Waals surface area contributed by atoms with Gasteiger partial charge in [0.1, 0.15) is 27.3 Å². The lowest BCUT2D eigenvalue weighted by Gasteiger charge is -2.26. The fourth-order valence-corrected chi connectivity index (χ4v) is 9.41. The largest absolute Gasteiger partial charge is 0.456 e. The molecule has 4 nitrogen and oxygen atoms in total. The first-order chi connectivity index (χ1) is 27.7. The summed E-state index contributed by atoms with van der Waals surface area (Å²) in [5, 5.41) is 10.1. The molecule has 3 aromatic heterocycles. The van der Waals surface area contributed by atoms with Crippen LogP contribution >= 0.6 is 11.3 Å². The minimum atomic E-state index is 0.817. The van der Waals surface area contributed by atoms with Gasteiger partial charge in [0.2, 0.25) is 0 Å². The van der Waals surface area contributed by atoms with Crippen molar-refractivity contribution in [3.05, 3.63) is 182 Å². The van der Waals surface area contributed by atoms with Crippen LogP contribution in [-0.2, 0) is 0 Å². The zero-order valence-corrected chi connectivity index (χ0v) is 30.8. The van der Waals surface area contributed by atoms with Gasteiger partial charge in [-0.1, -0.05) is 109 Å². The Morgan fingerprint density at radius 2 is 1.07 bits per heavy atom. The normalized spacial score (nSPS) is 11.9. The number of nitrogens with zero attached hydrogens (tertiary/aromatic N) is 2. The molecule has 12 aromatic rings. The third-order valence-corrected chi connectivity index (χ3v) is 12.1. The topological polar surface area (TPSA) is 42.4 Å². The SMILES string of the molecule is c1ccc(-c2cccc(N(c3ccc4c(c3)oc3cc5ccccc5cc34)c3ccc4c(c3)oc3cccc(-c5nc6c(ccc7ccccc76)s5)c34)c2)cc1. The summed E-state index contributed by atoms with van der Waals surface area (Å²) in [6.45, 7) is 0. The lowest BCUT2D eigenvalue weighted by molar-refractivity contribution is 0.669. The molecule has 0 aliphatic rings. The molecule has 5 heteroatoms. The summed E-state index contributed by atoms with van der Waals surface area (Å²) < 4.78 is 14.4. The Kier molecular flexibility index (Phi) is 6.76. The molecule has 0 fully saturated rings. The van der Waals surface area contributed by atoms with E-state index < -0.39 is 0 Å². The number of benzene rings is 9. The Hall–Kier alpha value is -7.21. The van der Waals surface area contributed by atoms with E-state index in [9.17, 15) is 0 Å². The highest BCUT2D eigenvalue weighted by molar-refractivity contribution is 7.21. The van der Waals surface area contributed by atoms with E-state index >= 15 is 0 Å². The van der Waals surface area contributed by atoms with Gasteiger partial charge in [0.05, 0.1) is 10.2 Å². The van der Waals surface area contributed by atoms with Crippen LogP contribution in [0.2, 0.25) is 0 Å². The predicted octanol–water partition coefficient (Wildman–Crippen LogP) is 15.2. The van der Waals surface area contributed by atoms with Gasteiger partial charge in [0.25, 0.3) is 0 Å². The lowest BCUT2D eigenvalue weighted by atomic mass is 10.0. The van der Waals surface area contributed by atoms with E-state index in [0.29, 0.717) is 0 Å². The molecule has 56 heavy (non-hydrogen) atoms. The minimum Gasteiger partial charge on any atom is -0.456 e. The Morgan fingerprint density at radius 1 is 0.411 bits per heavy atom. The molecule has 0 aliphatic heterocycles. The van der Waals surface area contributed by atoms with Crippen LogP contribution in [0.4, 0.5) is 17.1 Å². The van der Waals surface area contributed by atoms with Crippen molar-refractivity contribution in [2.75, 3.05) is 4.90 Å². The molecule has 0 N–H and O–H groups in total. The van der Waals surface area contributed by atoms with E-state index in [2.05, 4.69) is 187 Å². The van der Waals surface area contributed by atoms with Crippen LogP contribution in [0.1, 0.15) is 0 Å². The molecule has 12 rings (SSSR count). The first kappa shape index (κ1) is 31.2. The number of rotatable bonds is 5. The zero-order valence-electron chi connectivity index (χ0n) is 29.9. The van der Waals surface area contributed by atoms with E-state index in [1.807, 2.05) is 0 Å². The van der Waals surface area contributed by atoms with Crippen LogP contribution in [0, 0.1) is 0 Å². The average molecular weight is 735 g/mol. The van der Waals surface area contributed by atoms with Gasteiger partial charge in [-0.2, -0.15) is 0 Å². The first-order valence-corrected chi connectivity index (χ1v) is 19.6. The molecule has 0 spiro atoms. The fourth-order valence-electron chi connectivity index (χ4n) is 8.40. The van der Waals surface area contributed by atoms with E-state index in [1.165, 1.54) is 20.9 Å². The number of hydrogen-bond donors (Lipinski definition) is 0. The summed E-state index contributed by atoms with van der Waals surface area (Å²) in [5.74, 6) is 0. The Morgan fingerprint density at radius 3 is 1.93 bits per heavy atom. The van der Waals surface area contributed by atoms with Gasteiger partial charge in [-0.15, -0.1) is 11.3 Å². The molecule has 3 heterocycles. The van der Waals surface area contributed by atoms with Crippen molar-refractivity contribution >= 4 is 104 Å². The van der Waals surface area contributed by atoms with Crippen molar-refractivity contribution in [3.8, 4) is 21.7 Å². The van der Waals surface area contributed by atoms with Crippen LogP contribution in [0.25, 0.3) is 97.3 Å². The summed E-state index contributed by atoms with van der Waals surface area (Å²) >= 11 is 1.73.